The van der Waals surface area contributed by atoms with Crippen LogP contribution >= 0.6 is 22.7 Å². The summed E-state index contributed by atoms with van der Waals surface area (Å²) < 4.78 is 31.7. The lowest BCUT2D eigenvalue weighted by atomic mass is 9.82. The average molecular weight is 519 g/mol. The van der Waals surface area contributed by atoms with Crippen LogP contribution in [0.3, 0.4) is 0 Å². The molecule has 2 aromatic rings. The van der Waals surface area contributed by atoms with E-state index in [0.717, 1.165) is 29.4 Å². The summed E-state index contributed by atoms with van der Waals surface area (Å²) in [5.74, 6) is -2.50. The van der Waals surface area contributed by atoms with Gasteiger partial charge in [-0.25, -0.2) is 9.78 Å². The number of thiazole rings is 1. The highest BCUT2D eigenvalue weighted by atomic mass is 32.1. The Morgan fingerprint density at radius 3 is 2.32 bits per heavy atom. The van der Waals surface area contributed by atoms with Crippen molar-refractivity contribution in [1.82, 2.24) is 19.7 Å². The van der Waals surface area contributed by atoms with E-state index in [-0.39, 0.29) is 11.8 Å². The number of thiophene rings is 1. The topological polar surface area (TPSA) is 94.1 Å². The zero-order chi connectivity index (χ0) is 25.1. The number of carbonyl (C=O) groups is 3. The number of nitrogens with zero attached hydrogens (tertiary/aromatic N) is 4. The second kappa shape index (κ2) is 10.4. The van der Waals surface area contributed by atoms with Crippen molar-refractivity contribution < 1.29 is 32.7 Å². The van der Waals surface area contributed by atoms with Crippen molar-refractivity contribution in [3.05, 3.63) is 38.5 Å². The largest absolute Gasteiger partial charge is 0.490 e. The molecule has 34 heavy (non-hydrogen) atoms. The van der Waals surface area contributed by atoms with Crippen LogP contribution in [0.4, 0.5) is 13.2 Å². The molecule has 0 atom stereocenters. The highest BCUT2D eigenvalue weighted by molar-refractivity contribution is 7.09. The van der Waals surface area contributed by atoms with Gasteiger partial charge in [0.25, 0.3) is 5.91 Å². The van der Waals surface area contributed by atoms with Gasteiger partial charge >= 0.3 is 12.1 Å². The molecule has 13 heteroatoms. The Morgan fingerprint density at radius 2 is 1.82 bits per heavy atom. The Morgan fingerprint density at radius 1 is 1.18 bits per heavy atom. The van der Waals surface area contributed by atoms with Gasteiger partial charge in [-0.2, -0.15) is 24.5 Å². The molecule has 2 aliphatic heterocycles. The summed E-state index contributed by atoms with van der Waals surface area (Å²) in [6, 6.07) is 1.87. The Hall–Kier alpha value is -2.51. The number of piperazine rings is 1. The summed E-state index contributed by atoms with van der Waals surface area (Å²) in [7, 11) is 2.04. The number of halogens is 3. The van der Waals surface area contributed by atoms with Gasteiger partial charge in [0.2, 0.25) is 5.91 Å². The number of likely N-dealkylation sites (tertiary alicyclic amines) is 1. The number of alkyl halides is 3. The zero-order valence-electron chi connectivity index (χ0n) is 18.7. The third-order valence-electron chi connectivity index (χ3n) is 6.03. The third kappa shape index (κ3) is 5.76. The summed E-state index contributed by atoms with van der Waals surface area (Å²) >= 11 is 3.16. The van der Waals surface area contributed by atoms with Gasteiger partial charge in [-0.15, -0.1) is 11.3 Å². The quantitative estimate of drug-likeness (QED) is 0.671. The lowest BCUT2D eigenvalue weighted by Crippen LogP contribution is -2.67. The van der Waals surface area contributed by atoms with Gasteiger partial charge in [-0.3, -0.25) is 14.5 Å². The van der Waals surface area contributed by atoms with Crippen LogP contribution in [-0.4, -0.2) is 87.5 Å². The predicted molar refractivity (Wildman–Crippen MR) is 121 cm³/mol. The van der Waals surface area contributed by atoms with E-state index in [1.165, 1.54) is 11.3 Å². The number of hydrogen-bond acceptors (Lipinski definition) is 7. The van der Waals surface area contributed by atoms with Gasteiger partial charge < -0.3 is 14.9 Å². The number of aryl methyl sites for hydroxylation is 1. The second-order valence-electron chi connectivity index (χ2n) is 8.14. The molecule has 186 valence electrons. The predicted octanol–water partition coefficient (Wildman–Crippen LogP) is 3.10. The maximum absolute atomic E-state index is 13.4. The van der Waals surface area contributed by atoms with E-state index in [1.54, 1.807) is 11.3 Å². The average Bonchev–Trinajstić information content (AvgIpc) is 3.46. The van der Waals surface area contributed by atoms with Crippen molar-refractivity contribution in [3.63, 3.8) is 0 Å². The van der Waals surface area contributed by atoms with E-state index in [2.05, 4.69) is 9.88 Å². The van der Waals surface area contributed by atoms with Crippen molar-refractivity contribution >= 4 is 40.5 Å². The number of rotatable bonds is 3. The summed E-state index contributed by atoms with van der Waals surface area (Å²) in [4.78, 5) is 45.5. The van der Waals surface area contributed by atoms with Gasteiger partial charge in [0.05, 0.1) is 22.8 Å². The number of piperidine rings is 1. The van der Waals surface area contributed by atoms with Crippen molar-refractivity contribution in [2.24, 2.45) is 0 Å². The first-order chi connectivity index (χ1) is 15.9. The first-order valence-corrected chi connectivity index (χ1v) is 12.3. The van der Waals surface area contributed by atoms with Gasteiger partial charge in [0, 0.05) is 36.9 Å². The molecule has 0 bridgehead atoms. The molecule has 2 amide bonds. The number of aromatic nitrogens is 1. The minimum absolute atomic E-state index is 0.0758. The normalized spacial score (nSPS) is 18.6. The third-order valence-corrected chi connectivity index (χ3v) is 7.53. The summed E-state index contributed by atoms with van der Waals surface area (Å²) in [6.07, 6.45) is -3.71. The van der Waals surface area contributed by atoms with Gasteiger partial charge in [-0.1, -0.05) is 0 Å². The van der Waals surface area contributed by atoms with E-state index < -0.39 is 17.7 Å². The lowest BCUT2D eigenvalue weighted by molar-refractivity contribution is -0.192. The smallest absolute Gasteiger partial charge is 0.475 e. The molecule has 2 aromatic heterocycles. The van der Waals surface area contributed by atoms with Crippen LogP contribution in [0.5, 0.6) is 0 Å². The van der Waals surface area contributed by atoms with Gasteiger partial charge in [0.1, 0.15) is 5.54 Å². The van der Waals surface area contributed by atoms with Crippen LogP contribution in [-0.2, 0) is 16.1 Å². The molecule has 0 aromatic carbocycles. The number of hydrogen-bond donors (Lipinski definition) is 1. The highest BCUT2D eigenvalue weighted by Gasteiger charge is 2.49. The van der Waals surface area contributed by atoms with E-state index in [1.807, 2.05) is 46.0 Å². The Kier molecular flexibility index (Phi) is 7.98. The first kappa shape index (κ1) is 26.1. The number of aliphatic carboxylic acids is 1. The molecule has 4 heterocycles. The number of likely N-dealkylation sites (N-methyl/N-ethyl adjacent to an activating group) is 1. The van der Waals surface area contributed by atoms with Crippen molar-refractivity contribution in [3.8, 4) is 0 Å². The van der Waals surface area contributed by atoms with Crippen LogP contribution in [0.15, 0.2) is 22.2 Å². The van der Waals surface area contributed by atoms with Crippen LogP contribution in [0.25, 0.3) is 0 Å². The molecule has 1 spiro atoms. The van der Waals surface area contributed by atoms with E-state index >= 15 is 0 Å². The monoisotopic (exact) mass is 518 g/mol. The fourth-order valence-corrected chi connectivity index (χ4v) is 5.35. The van der Waals surface area contributed by atoms with Crippen molar-refractivity contribution in [1.29, 1.82) is 0 Å². The number of carbonyl (C=O) groups excluding carboxylic acids is 2. The van der Waals surface area contributed by atoms with Gasteiger partial charge in [0.15, 0.2) is 0 Å². The molecular formula is C21H25F3N4O4S2. The second-order valence-corrected chi connectivity index (χ2v) is 9.99. The van der Waals surface area contributed by atoms with Crippen LogP contribution in [0.1, 0.15) is 33.9 Å². The Balaban J connectivity index is 0.000000406. The van der Waals surface area contributed by atoms with E-state index in [4.69, 9.17) is 9.90 Å². The summed E-state index contributed by atoms with van der Waals surface area (Å²) in [5, 5.41) is 14.0. The molecule has 0 aliphatic carbocycles. The molecule has 1 N–H and O–H groups in total. The fourth-order valence-electron chi connectivity index (χ4n) is 4.12. The minimum Gasteiger partial charge on any atom is -0.475 e. The Bertz CT molecular complexity index is 1020. The highest BCUT2D eigenvalue weighted by Crippen LogP contribution is 2.34. The molecule has 2 aliphatic rings. The zero-order valence-corrected chi connectivity index (χ0v) is 20.3. The lowest BCUT2D eigenvalue weighted by Gasteiger charge is -2.51. The van der Waals surface area contributed by atoms with Crippen molar-refractivity contribution in [2.45, 2.75) is 38.0 Å². The molecule has 0 unspecified atom stereocenters. The number of amides is 2. The SMILES string of the molecule is Cc1nc(CN2CCN(C)C3(CCN(C(=O)c4ccsc4)CC3)C2=O)cs1.O=C(O)C(F)(F)F. The van der Waals surface area contributed by atoms with Crippen LogP contribution in [0.2, 0.25) is 0 Å². The fraction of sp³-hybridized carbons (Fsp3) is 0.524. The molecule has 0 radical (unpaired) electrons. The molecule has 2 saturated heterocycles. The van der Waals surface area contributed by atoms with Gasteiger partial charge in [-0.05, 0) is 38.3 Å². The van der Waals surface area contributed by atoms with Crippen LogP contribution < -0.4 is 0 Å². The standard InChI is InChI=1S/C19H24N4O2S2.C2HF3O2/c1-14-20-16(13-27-14)11-23-9-8-21(2)19(18(23)25)4-6-22(7-5-19)17(24)15-3-10-26-12-15;3-2(4,5)1(6)7/h3,10,12-13H,4-9,11H2,1-2H3;(H,6,7). The number of carboxylic acid groups (broad SMARTS) is 1. The maximum Gasteiger partial charge on any atom is 0.490 e. The molecular weight excluding hydrogens is 493 g/mol. The number of carboxylic acids is 1. The molecule has 2 fully saturated rings. The molecule has 8 nitrogen and oxygen atoms in total. The minimum atomic E-state index is -5.08. The van der Waals surface area contributed by atoms with E-state index in [0.29, 0.717) is 32.5 Å². The van der Waals surface area contributed by atoms with E-state index in [9.17, 15) is 22.8 Å². The Labute approximate surface area is 202 Å². The van der Waals surface area contributed by atoms with Crippen molar-refractivity contribution in [2.75, 3.05) is 33.2 Å². The summed E-state index contributed by atoms with van der Waals surface area (Å²) in [6.45, 7) is 5.39. The molecule has 4 rings (SSSR count). The molecule has 0 saturated carbocycles. The van der Waals surface area contributed by atoms with Crippen LogP contribution in [0, 0.1) is 6.92 Å². The summed E-state index contributed by atoms with van der Waals surface area (Å²) in [5.41, 5.74) is 1.23. The first-order valence-electron chi connectivity index (χ1n) is 10.5. The maximum atomic E-state index is 13.4.